The molecule has 4 aromatic rings. The third kappa shape index (κ3) is 4.30. The Morgan fingerprint density at radius 1 is 1.00 bits per heavy atom. The van der Waals surface area contributed by atoms with Crippen LogP contribution in [0.4, 0.5) is 16.3 Å². The minimum Gasteiger partial charge on any atom is -0.453 e. The summed E-state index contributed by atoms with van der Waals surface area (Å²) in [7, 11) is 1.33. The van der Waals surface area contributed by atoms with E-state index in [1.807, 2.05) is 60.7 Å². The predicted octanol–water partition coefficient (Wildman–Crippen LogP) is 4.48. The summed E-state index contributed by atoms with van der Waals surface area (Å²) in [5.41, 5.74) is 3.44. The number of anilines is 2. The second-order valence-electron chi connectivity index (χ2n) is 6.32. The van der Waals surface area contributed by atoms with Crippen molar-refractivity contribution in [3.63, 3.8) is 0 Å². The first-order valence-corrected chi connectivity index (χ1v) is 9.08. The molecule has 1 amide bonds. The molecule has 0 radical (unpaired) electrons. The molecule has 2 aromatic heterocycles. The number of pyridine rings is 1. The number of benzene rings is 2. The van der Waals surface area contributed by atoms with Crippen LogP contribution in [-0.4, -0.2) is 28.2 Å². The fourth-order valence-electron chi connectivity index (χ4n) is 2.90. The summed E-state index contributed by atoms with van der Waals surface area (Å²) in [6.07, 6.45) is 2.98. The minimum absolute atomic E-state index is 0.494. The van der Waals surface area contributed by atoms with Gasteiger partial charge in [-0.15, -0.1) is 0 Å². The summed E-state index contributed by atoms with van der Waals surface area (Å²) >= 11 is 0. The first-order chi connectivity index (χ1) is 14.2. The monoisotopic (exact) mass is 385 g/mol. The number of nitrogens with one attached hydrogen (secondary N) is 2. The summed E-state index contributed by atoms with van der Waals surface area (Å²) in [6.45, 7) is 0.575. The fraction of sp³-hybridized carbons (Fsp3) is 0.0909. The van der Waals surface area contributed by atoms with Gasteiger partial charge in [-0.2, -0.15) is 0 Å². The number of rotatable bonds is 5. The van der Waals surface area contributed by atoms with E-state index in [4.69, 9.17) is 4.98 Å². The first kappa shape index (κ1) is 18.4. The molecule has 0 saturated heterocycles. The lowest BCUT2D eigenvalue weighted by atomic mass is 10.2. The molecule has 2 heterocycles. The minimum atomic E-state index is -0.494. The van der Waals surface area contributed by atoms with Gasteiger partial charge in [0.25, 0.3) is 0 Å². The molecule has 4 rings (SSSR count). The third-order valence-corrected chi connectivity index (χ3v) is 4.37. The van der Waals surface area contributed by atoms with Crippen LogP contribution >= 0.6 is 0 Å². The van der Waals surface area contributed by atoms with Crippen molar-refractivity contribution in [2.75, 3.05) is 17.7 Å². The Hall–Kier alpha value is -4.00. The molecule has 0 atom stereocenters. The van der Waals surface area contributed by atoms with Crippen LogP contribution in [0.15, 0.2) is 73.1 Å². The SMILES string of the molecule is COC(=O)Nc1ccc(CNc2nc(-c3cccnc3)nc3ccccc23)cc1. The zero-order valence-corrected chi connectivity index (χ0v) is 15.8. The molecule has 7 nitrogen and oxygen atoms in total. The van der Waals surface area contributed by atoms with Gasteiger partial charge in [0.15, 0.2) is 5.82 Å². The maximum absolute atomic E-state index is 11.3. The lowest BCUT2D eigenvalue weighted by Gasteiger charge is -2.11. The van der Waals surface area contributed by atoms with Crippen molar-refractivity contribution in [3.05, 3.63) is 78.6 Å². The number of aromatic nitrogens is 3. The van der Waals surface area contributed by atoms with E-state index >= 15 is 0 Å². The quantitative estimate of drug-likeness (QED) is 0.526. The highest BCUT2D eigenvalue weighted by atomic mass is 16.5. The molecule has 7 heteroatoms. The van der Waals surface area contributed by atoms with Crippen LogP contribution in [0.1, 0.15) is 5.56 Å². The number of ether oxygens (including phenoxy) is 1. The molecule has 0 bridgehead atoms. The first-order valence-electron chi connectivity index (χ1n) is 9.08. The van der Waals surface area contributed by atoms with Gasteiger partial charge in [-0.3, -0.25) is 10.3 Å². The summed E-state index contributed by atoms with van der Waals surface area (Å²) in [5, 5.41) is 6.98. The highest BCUT2D eigenvalue weighted by Crippen LogP contribution is 2.25. The molecule has 0 spiro atoms. The van der Waals surface area contributed by atoms with Crippen LogP contribution in [0.5, 0.6) is 0 Å². The number of carbonyl (C=O) groups excluding carboxylic acids is 1. The van der Waals surface area contributed by atoms with Crippen LogP contribution in [0.2, 0.25) is 0 Å². The molecule has 0 aliphatic heterocycles. The van der Waals surface area contributed by atoms with Gasteiger partial charge in [0, 0.05) is 35.6 Å². The maximum Gasteiger partial charge on any atom is 0.411 e. The lowest BCUT2D eigenvalue weighted by molar-refractivity contribution is 0.187. The van der Waals surface area contributed by atoms with Crippen LogP contribution in [0.3, 0.4) is 0 Å². The molecule has 2 aromatic carbocycles. The summed E-state index contributed by atoms with van der Waals surface area (Å²) < 4.78 is 4.60. The molecule has 0 aliphatic carbocycles. The van der Waals surface area contributed by atoms with Crippen molar-refractivity contribution in [1.82, 2.24) is 15.0 Å². The van der Waals surface area contributed by atoms with Crippen molar-refractivity contribution in [1.29, 1.82) is 0 Å². The number of hydrogen-bond acceptors (Lipinski definition) is 6. The largest absolute Gasteiger partial charge is 0.453 e. The summed E-state index contributed by atoms with van der Waals surface area (Å²) in [6, 6.07) is 19.2. The Morgan fingerprint density at radius 3 is 2.59 bits per heavy atom. The predicted molar refractivity (Wildman–Crippen MR) is 113 cm³/mol. The highest BCUT2D eigenvalue weighted by molar-refractivity contribution is 5.90. The third-order valence-electron chi connectivity index (χ3n) is 4.37. The molecular weight excluding hydrogens is 366 g/mol. The van der Waals surface area contributed by atoms with Crippen LogP contribution < -0.4 is 10.6 Å². The van der Waals surface area contributed by atoms with E-state index in [0.29, 0.717) is 18.1 Å². The molecule has 2 N–H and O–H groups in total. The highest BCUT2D eigenvalue weighted by Gasteiger charge is 2.09. The van der Waals surface area contributed by atoms with E-state index < -0.39 is 6.09 Å². The molecular formula is C22H19N5O2. The normalized spacial score (nSPS) is 10.5. The lowest BCUT2D eigenvalue weighted by Crippen LogP contribution is -2.11. The number of fused-ring (bicyclic) bond motifs is 1. The Bertz CT molecular complexity index is 1130. The molecule has 0 fully saturated rings. The van der Waals surface area contributed by atoms with Gasteiger partial charge >= 0.3 is 6.09 Å². The number of carbonyl (C=O) groups is 1. The van der Waals surface area contributed by atoms with E-state index in [1.54, 1.807) is 12.4 Å². The molecule has 0 unspecified atom stereocenters. The second kappa shape index (κ2) is 8.35. The average Bonchev–Trinajstić information content (AvgIpc) is 2.78. The molecule has 0 saturated carbocycles. The zero-order chi connectivity index (χ0) is 20.1. The van der Waals surface area contributed by atoms with Gasteiger partial charge in [-0.25, -0.2) is 14.8 Å². The van der Waals surface area contributed by atoms with Gasteiger partial charge < -0.3 is 10.1 Å². The second-order valence-corrected chi connectivity index (χ2v) is 6.32. The zero-order valence-electron chi connectivity index (χ0n) is 15.8. The summed E-state index contributed by atoms with van der Waals surface area (Å²) in [5.74, 6) is 1.38. The van der Waals surface area contributed by atoms with Crippen molar-refractivity contribution < 1.29 is 9.53 Å². The Morgan fingerprint density at radius 2 is 1.83 bits per heavy atom. The van der Waals surface area contributed by atoms with E-state index in [9.17, 15) is 4.79 Å². The van der Waals surface area contributed by atoms with E-state index in [1.165, 1.54) is 7.11 Å². The maximum atomic E-state index is 11.3. The Labute approximate surface area is 167 Å². The molecule has 29 heavy (non-hydrogen) atoms. The topological polar surface area (TPSA) is 89.0 Å². The van der Waals surface area contributed by atoms with Crippen LogP contribution in [-0.2, 0) is 11.3 Å². The Kier molecular flexibility index (Phi) is 5.29. The van der Waals surface area contributed by atoms with Crippen molar-refractivity contribution >= 4 is 28.5 Å². The number of para-hydroxylation sites is 1. The average molecular weight is 385 g/mol. The molecule has 144 valence electrons. The smallest absolute Gasteiger partial charge is 0.411 e. The number of hydrogen-bond donors (Lipinski definition) is 2. The summed E-state index contributed by atoms with van der Waals surface area (Å²) in [4.78, 5) is 24.8. The number of nitrogens with zero attached hydrogens (tertiary/aromatic N) is 3. The van der Waals surface area contributed by atoms with Crippen molar-refractivity contribution in [3.8, 4) is 11.4 Å². The van der Waals surface area contributed by atoms with E-state index in [2.05, 4.69) is 25.3 Å². The van der Waals surface area contributed by atoms with Crippen molar-refractivity contribution in [2.45, 2.75) is 6.54 Å². The van der Waals surface area contributed by atoms with Gasteiger partial charge in [0.05, 0.1) is 12.6 Å². The van der Waals surface area contributed by atoms with Crippen molar-refractivity contribution in [2.24, 2.45) is 0 Å². The van der Waals surface area contributed by atoms with Gasteiger partial charge in [-0.05, 0) is 42.0 Å². The van der Waals surface area contributed by atoms with Gasteiger partial charge in [0.1, 0.15) is 5.82 Å². The van der Waals surface area contributed by atoms with Gasteiger partial charge in [0.2, 0.25) is 0 Å². The van der Waals surface area contributed by atoms with Crippen LogP contribution in [0.25, 0.3) is 22.3 Å². The van der Waals surface area contributed by atoms with E-state index in [-0.39, 0.29) is 0 Å². The number of methoxy groups -OCH3 is 1. The van der Waals surface area contributed by atoms with Gasteiger partial charge in [-0.1, -0.05) is 24.3 Å². The van der Waals surface area contributed by atoms with Crippen LogP contribution in [0, 0.1) is 0 Å². The molecule has 0 aliphatic rings. The van der Waals surface area contributed by atoms with E-state index in [0.717, 1.165) is 27.8 Å². The number of amides is 1. The standard InChI is InChI=1S/C22H19N5O2/c1-29-22(28)25-17-10-8-15(9-11-17)13-24-21-18-6-2-3-7-19(18)26-20(27-21)16-5-4-12-23-14-16/h2-12,14H,13H2,1H3,(H,25,28)(H,24,26,27). The Balaban J connectivity index is 1.58. The fourth-order valence-corrected chi connectivity index (χ4v) is 2.90.